The molecule has 3 nitrogen and oxygen atoms in total. The van der Waals surface area contributed by atoms with Crippen LogP contribution in [0.15, 0.2) is 41.1 Å². The SMILES string of the molecule is CCC1(c2ccccn2)C2=C(Cc3ncsc31)CC(C)(C)CC2=O. The molecule has 0 spiro atoms. The molecule has 0 bridgehead atoms. The van der Waals surface area contributed by atoms with Gasteiger partial charge in [0.05, 0.1) is 22.3 Å². The Morgan fingerprint density at radius 1 is 1.21 bits per heavy atom. The molecule has 0 fully saturated rings. The number of nitrogens with zero attached hydrogens (tertiary/aromatic N) is 2. The summed E-state index contributed by atoms with van der Waals surface area (Å²) >= 11 is 1.67. The van der Waals surface area contributed by atoms with Gasteiger partial charge in [0.1, 0.15) is 0 Å². The van der Waals surface area contributed by atoms with Crippen LogP contribution in [0.5, 0.6) is 0 Å². The minimum absolute atomic E-state index is 0.0348. The Morgan fingerprint density at radius 2 is 2.04 bits per heavy atom. The third-order valence-electron chi connectivity index (χ3n) is 5.43. The molecule has 2 aliphatic carbocycles. The van der Waals surface area contributed by atoms with Crippen molar-refractivity contribution in [1.29, 1.82) is 0 Å². The average Bonchev–Trinajstić information content (AvgIpc) is 3.01. The average molecular weight is 338 g/mol. The molecule has 4 rings (SSSR count). The fourth-order valence-corrected chi connectivity index (χ4v) is 5.67. The van der Waals surface area contributed by atoms with E-state index in [0.29, 0.717) is 12.2 Å². The highest BCUT2D eigenvalue weighted by Gasteiger charge is 2.50. The van der Waals surface area contributed by atoms with Gasteiger partial charge in [-0.2, -0.15) is 0 Å². The lowest BCUT2D eigenvalue weighted by Gasteiger charge is -2.44. The van der Waals surface area contributed by atoms with Crippen molar-refractivity contribution < 1.29 is 4.79 Å². The summed E-state index contributed by atoms with van der Waals surface area (Å²) in [5.41, 5.74) is 5.95. The third-order valence-corrected chi connectivity index (χ3v) is 6.46. The lowest BCUT2D eigenvalue weighted by molar-refractivity contribution is -0.118. The zero-order chi connectivity index (χ0) is 16.9. The summed E-state index contributed by atoms with van der Waals surface area (Å²) < 4.78 is 0. The van der Waals surface area contributed by atoms with Gasteiger partial charge in [-0.1, -0.05) is 32.4 Å². The van der Waals surface area contributed by atoms with Crippen LogP contribution in [0.2, 0.25) is 0 Å². The van der Waals surface area contributed by atoms with Crippen LogP contribution in [0, 0.1) is 5.41 Å². The second kappa shape index (κ2) is 5.35. The summed E-state index contributed by atoms with van der Waals surface area (Å²) in [5, 5.41) is 0. The van der Waals surface area contributed by atoms with E-state index in [1.165, 1.54) is 10.5 Å². The first kappa shape index (κ1) is 15.7. The maximum absolute atomic E-state index is 13.2. The van der Waals surface area contributed by atoms with Crippen LogP contribution in [0.3, 0.4) is 0 Å². The van der Waals surface area contributed by atoms with E-state index >= 15 is 0 Å². The van der Waals surface area contributed by atoms with Crippen molar-refractivity contribution >= 4 is 17.1 Å². The first-order chi connectivity index (χ1) is 11.5. The molecule has 0 saturated carbocycles. The van der Waals surface area contributed by atoms with Gasteiger partial charge >= 0.3 is 0 Å². The van der Waals surface area contributed by atoms with Gasteiger partial charge in [0.2, 0.25) is 0 Å². The Kier molecular flexibility index (Phi) is 3.50. The molecule has 2 aromatic heterocycles. The Hall–Kier alpha value is -1.81. The molecule has 2 heterocycles. The van der Waals surface area contributed by atoms with Crippen LogP contribution in [0.1, 0.15) is 56.3 Å². The topological polar surface area (TPSA) is 42.9 Å². The summed E-state index contributed by atoms with van der Waals surface area (Å²) in [6.07, 6.45) is 5.08. The lowest BCUT2D eigenvalue weighted by atomic mass is 9.60. The molecule has 2 aliphatic rings. The van der Waals surface area contributed by atoms with Crippen LogP contribution in [-0.2, 0) is 16.6 Å². The molecule has 0 amide bonds. The molecule has 124 valence electrons. The normalized spacial score (nSPS) is 25.4. The third kappa shape index (κ3) is 2.12. The van der Waals surface area contributed by atoms with Crippen LogP contribution >= 0.6 is 11.3 Å². The number of carbonyl (C=O) groups is 1. The number of hydrogen-bond acceptors (Lipinski definition) is 4. The number of Topliss-reactive ketones (excluding diaryl/α,β-unsaturated/α-hetero) is 1. The van der Waals surface area contributed by atoms with Crippen LogP contribution in [0.25, 0.3) is 0 Å². The number of fused-ring (bicyclic) bond motifs is 1. The van der Waals surface area contributed by atoms with Gasteiger partial charge in [-0.15, -0.1) is 11.3 Å². The van der Waals surface area contributed by atoms with Crippen molar-refractivity contribution in [1.82, 2.24) is 9.97 Å². The number of aromatic nitrogens is 2. The molecular formula is C20H22N2OS. The van der Waals surface area contributed by atoms with Crippen LogP contribution < -0.4 is 0 Å². The fraction of sp³-hybridized carbons (Fsp3) is 0.450. The van der Waals surface area contributed by atoms with E-state index in [9.17, 15) is 4.79 Å². The van der Waals surface area contributed by atoms with Crippen molar-refractivity contribution in [3.05, 3.63) is 57.3 Å². The lowest BCUT2D eigenvalue weighted by Crippen LogP contribution is -2.42. The van der Waals surface area contributed by atoms with Gasteiger partial charge in [0, 0.05) is 29.5 Å². The molecule has 0 radical (unpaired) electrons. The number of pyridine rings is 1. The first-order valence-corrected chi connectivity index (χ1v) is 9.46. The van der Waals surface area contributed by atoms with E-state index in [2.05, 4.69) is 36.8 Å². The summed E-state index contributed by atoms with van der Waals surface area (Å²) in [7, 11) is 0. The van der Waals surface area contributed by atoms with E-state index < -0.39 is 5.41 Å². The van der Waals surface area contributed by atoms with Gasteiger partial charge < -0.3 is 0 Å². The summed E-state index contributed by atoms with van der Waals surface area (Å²) in [5.74, 6) is 0.299. The quantitative estimate of drug-likeness (QED) is 0.811. The zero-order valence-electron chi connectivity index (χ0n) is 14.4. The Labute approximate surface area is 146 Å². The number of hydrogen-bond donors (Lipinski definition) is 0. The highest BCUT2D eigenvalue weighted by Crippen LogP contribution is 2.54. The zero-order valence-corrected chi connectivity index (χ0v) is 15.2. The monoisotopic (exact) mass is 338 g/mol. The molecule has 24 heavy (non-hydrogen) atoms. The number of ketones is 1. The smallest absolute Gasteiger partial charge is 0.160 e. The summed E-state index contributed by atoms with van der Waals surface area (Å²) in [6, 6.07) is 6.02. The Bertz CT molecular complexity index is 834. The van der Waals surface area contributed by atoms with E-state index in [1.807, 2.05) is 23.8 Å². The predicted octanol–water partition coefficient (Wildman–Crippen LogP) is 4.48. The van der Waals surface area contributed by atoms with E-state index in [0.717, 1.165) is 36.2 Å². The molecule has 0 saturated heterocycles. The van der Waals surface area contributed by atoms with E-state index in [-0.39, 0.29) is 5.41 Å². The molecular weight excluding hydrogens is 316 g/mol. The predicted molar refractivity (Wildman–Crippen MR) is 96.2 cm³/mol. The maximum Gasteiger partial charge on any atom is 0.160 e. The van der Waals surface area contributed by atoms with Crippen LogP contribution in [-0.4, -0.2) is 15.8 Å². The fourth-order valence-electron chi connectivity index (χ4n) is 4.58. The molecule has 2 aromatic rings. The highest BCUT2D eigenvalue weighted by atomic mass is 32.1. The Morgan fingerprint density at radius 3 is 2.75 bits per heavy atom. The minimum atomic E-state index is -0.418. The molecule has 4 heteroatoms. The molecule has 0 aliphatic heterocycles. The summed E-state index contributed by atoms with van der Waals surface area (Å²) in [6.45, 7) is 6.56. The van der Waals surface area contributed by atoms with E-state index in [1.54, 1.807) is 11.3 Å². The van der Waals surface area contributed by atoms with E-state index in [4.69, 9.17) is 0 Å². The van der Waals surface area contributed by atoms with Gasteiger partial charge in [-0.05, 0) is 30.4 Å². The van der Waals surface area contributed by atoms with Gasteiger partial charge in [0.25, 0.3) is 0 Å². The van der Waals surface area contributed by atoms with Crippen molar-refractivity contribution in [3.63, 3.8) is 0 Å². The van der Waals surface area contributed by atoms with Gasteiger partial charge in [0.15, 0.2) is 5.78 Å². The minimum Gasteiger partial charge on any atom is -0.294 e. The number of rotatable bonds is 2. The molecule has 1 atom stereocenters. The second-order valence-electron chi connectivity index (χ2n) is 7.70. The van der Waals surface area contributed by atoms with Crippen LogP contribution in [0.4, 0.5) is 0 Å². The van der Waals surface area contributed by atoms with Crippen molar-refractivity contribution in [2.24, 2.45) is 5.41 Å². The molecule has 1 unspecified atom stereocenters. The molecule has 0 aromatic carbocycles. The number of thiazole rings is 1. The Balaban J connectivity index is 2.03. The number of carbonyl (C=O) groups excluding carboxylic acids is 1. The maximum atomic E-state index is 13.2. The second-order valence-corrected chi connectivity index (χ2v) is 8.55. The first-order valence-electron chi connectivity index (χ1n) is 8.58. The van der Waals surface area contributed by atoms with Crippen molar-refractivity contribution in [2.75, 3.05) is 0 Å². The van der Waals surface area contributed by atoms with Gasteiger partial charge in [-0.3, -0.25) is 9.78 Å². The highest BCUT2D eigenvalue weighted by molar-refractivity contribution is 7.10. The van der Waals surface area contributed by atoms with Crippen molar-refractivity contribution in [2.45, 2.75) is 51.9 Å². The number of allylic oxidation sites excluding steroid dienone is 2. The van der Waals surface area contributed by atoms with Crippen molar-refractivity contribution in [3.8, 4) is 0 Å². The van der Waals surface area contributed by atoms with Gasteiger partial charge in [-0.25, -0.2) is 4.98 Å². The standard InChI is InChI=1S/C20H22N2OS/c1-4-20(16-7-5-6-8-21-16)17-13(9-14-18(20)24-12-22-14)10-19(2,3)11-15(17)23/h5-8,12H,4,9-11H2,1-3H3. The molecule has 0 N–H and O–H groups in total. The largest absolute Gasteiger partial charge is 0.294 e. The summed E-state index contributed by atoms with van der Waals surface area (Å²) in [4.78, 5) is 23.8.